The van der Waals surface area contributed by atoms with Crippen molar-refractivity contribution < 1.29 is 9.53 Å². The first-order valence-corrected chi connectivity index (χ1v) is 6.62. The minimum Gasteiger partial charge on any atom is -0.476 e. The Morgan fingerprint density at radius 1 is 1.58 bits per heavy atom. The van der Waals surface area contributed by atoms with Gasteiger partial charge in [-0.25, -0.2) is 4.98 Å². The molecule has 6 heteroatoms. The fraction of sp³-hybridized carbons (Fsp3) is 0.231. The molecule has 0 saturated heterocycles. The van der Waals surface area contributed by atoms with Crippen molar-refractivity contribution in [2.24, 2.45) is 7.05 Å². The lowest BCUT2D eigenvalue weighted by Crippen LogP contribution is -2.16. The lowest BCUT2D eigenvalue weighted by atomic mass is 10.3. The number of hydrogen-bond acceptors (Lipinski definition) is 3. The number of halogens is 1. The molecule has 0 radical (unpaired) electrons. The van der Waals surface area contributed by atoms with Crippen LogP contribution in [-0.4, -0.2) is 22.1 Å². The maximum absolute atomic E-state index is 12.2. The molecule has 2 aromatic heterocycles. The molecule has 19 heavy (non-hydrogen) atoms. The first-order valence-electron chi connectivity index (χ1n) is 5.83. The van der Waals surface area contributed by atoms with Gasteiger partial charge < -0.3 is 14.6 Å². The number of carbonyl (C=O) groups excluding carboxylic acids is 1. The molecule has 0 aliphatic rings. The van der Waals surface area contributed by atoms with Crippen LogP contribution in [0.25, 0.3) is 0 Å². The summed E-state index contributed by atoms with van der Waals surface area (Å²) in [4.78, 5) is 16.3. The lowest BCUT2D eigenvalue weighted by Gasteiger charge is -2.10. The molecule has 0 atom stereocenters. The van der Waals surface area contributed by atoms with Crippen LogP contribution in [0, 0.1) is 0 Å². The van der Waals surface area contributed by atoms with E-state index in [0.29, 0.717) is 23.9 Å². The first kappa shape index (κ1) is 13.6. The number of rotatable bonds is 4. The predicted molar refractivity (Wildman–Crippen MR) is 76.5 cm³/mol. The molecular weight excluding hydrogens is 310 g/mol. The minimum absolute atomic E-state index is 0.206. The molecular formula is C13H14BrN3O2. The number of nitrogens with one attached hydrogen (secondary N) is 1. The van der Waals surface area contributed by atoms with Crippen LogP contribution in [0.15, 0.2) is 35.1 Å². The Morgan fingerprint density at radius 3 is 3.00 bits per heavy atom. The number of carbonyl (C=O) groups is 1. The Kier molecular flexibility index (Phi) is 4.21. The second kappa shape index (κ2) is 5.88. The number of anilines is 1. The molecule has 1 amide bonds. The van der Waals surface area contributed by atoms with Crippen LogP contribution in [0.3, 0.4) is 0 Å². The quantitative estimate of drug-likeness (QED) is 0.941. The van der Waals surface area contributed by atoms with Crippen LogP contribution in [0.4, 0.5) is 5.69 Å². The molecule has 2 heterocycles. The summed E-state index contributed by atoms with van der Waals surface area (Å²) in [5.74, 6) is 0.216. The normalized spacial score (nSPS) is 10.3. The monoisotopic (exact) mass is 323 g/mol. The van der Waals surface area contributed by atoms with Gasteiger partial charge in [0.15, 0.2) is 0 Å². The fourth-order valence-electron chi connectivity index (χ4n) is 1.67. The third-order valence-corrected chi connectivity index (χ3v) is 2.94. The summed E-state index contributed by atoms with van der Waals surface area (Å²) in [7, 11) is 1.81. The van der Waals surface area contributed by atoms with Crippen LogP contribution in [0.1, 0.15) is 17.4 Å². The van der Waals surface area contributed by atoms with Gasteiger partial charge in [0.25, 0.3) is 5.91 Å². The van der Waals surface area contributed by atoms with Gasteiger partial charge in [-0.3, -0.25) is 4.79 Å². The highest BCUT2D eigenvalue weighted by atomic mass is 79.9. The SMILES string of the molecule is CCOc1ncccc1NC(=O)c1cc(Br)cn1C. The van der Waals surface area contributed by atoms with Crippen molar-refractivity contribution in [2.45, 2.75) is 6.92 Å². The Hall–Kier alpha value is -1.82. The van der Waals surface area contributed by atoms with Crippen molar-refractivity contribution in [1.82, 2.24) is 9.55 Å². The van der Waals surface area contributed by atoms with Gasteiger partial charge in [0.1, 0.15) is 11.4 Å². The van der Waals surface area contributed by atoms with E-state index in [1.807, 2.05) is 20.2 Å². The summed E-state index contributed by atoms with van der Waals surface area (Å²) in [6.07, 6.45) is 3.45. The highest BCUT2D eigenvalue weighted by Crippen LogP contribution is 2.22. The number of nitrogens with zero attached hydrogens (tertiary/aromatic N) is 2. The molecule has 0 saturated carbocycles. The highest BCUT2D eigenvalue weighted by Gasteiger charge is 2.13. The summed E-state index contributed by atoms with van der Waals surface area (Å²) in [5.41, 5.74) is 1.12. The molecule has 0 unspecified atom stereocenters. The topological polar surface area (TPSA) is 56.1 Å². The van der Waals surface area contributed by atoms with Crippen LogP contribution < -0.4 is 10.1 Å². The molecule has 1 N–H and O–H groups in total. The Bertz CT molecular complexity index is 595. The number of hydrogen-bond donors (Lipinski definition) is 1. The van der Waals surface area contributed by atoms with Gasteiger partial charge in [-0.1, -0.05) is 0 Å². The van der Waals surface area contributed by atoms with E-state index in [1.165, 1.54) is 0 Å². The maximum Gasteiger partial charge on any atom is 0.272 e. The van der Waals surface area contributed by atoms with Gasteiger partial charge in [0.2, 0.25) is 5.88 Å². The Labute approximate surface area is 119 Å². The number of pyridine rings is 1. The number of ether oxygens (including phenoxy) is 1. The Morgan fingerprint density at radius 2 is 2.37 bits per heavy atom. The van der Waals surface area contributed by atoms with Gasteiger partial charge in [-0.2, -0.15) is 0 Å². The minimum atomic E-state index is -0.206. The van der Waals surface area contributed by atoms with E-state index >= 15 is 0 Å². The summed E-state index contributed by atoms with van der Waals surface area (Å²) in [6.45, 7) is 2.37. The van der Waals surface area contributed by atoms with E-state index < -0.39 is 0 Å². The van der Waals surface area contributed by atoms with Gasteiger partial charge in [-0.15, -0.1) is 0 Å². The lowest BCUT2D eigenvalue weighted by molar-refractivity contribution is 0.101. The van der Waals surface area contributed by atoms with Crippen LogP contribution in [0.2, 0.25) is 0 Å². The average Bonchev–Trinajstić information content (AvgIpc) is 2.71. The van der Waals surface area contributed by atoms with E-state index in [-0.39, 0.29) is 5.91 Å². The van der Waals surface area contributed by atoms with Crippen molar-refractivity contribution in [3.63, 3.8) is 0 Å². The molecule has 0 spiro atoms. The largest absolute Gasteiger partial charge is 0.476 e. The maximum atomic E-state index is 12.2. The fourth-order valence-corrected chi connectivity index (χ4v) is 2.20. The number of amides is 1. The van der Waals surface area contributed by atoms with Crippen molar-refractivity contribution in [2.75, 3.05) is 11.9 Å². The van der Waals surface area contributed by atoms with Crippen LogP contribution >= 0.6 is 15.9 Å². The molecule has 5 nitrogen and oxygen atoms in total. The number of aromatic nitrogens is 2. The van der Waals surface area contributed by atoms with E-state index in [0.717, 1.165) is 4.47 Å². The summed E-state index contributed by atoms with van der Waals surface area (Å²) in [5, 5.41) is 2.80. The second-order valence-electron chi connectivity index (χ2n) is 3.90. The molecule has 2 rings (SSSR count). The van der Waals surface area contributed by atoms with Crippen LogP contribution in [0.5, 0.6) is 5.88 Å². The highest BCUT2D eigenvalue weighted by molar-refractivity contribution is 9.10. The second-order valence-corrected chi connectivity index (χ2v) is 4.81. The van der Waals surface area contributed by atoms with Gasteiger partial charge in [0, 0.05) is 23.9 Å². The standard InChI is InChI=1S/C13H14BrN3O2/c1-3-19-13-10(5-4-6-15-13)16-12(18)11-7-9(14)8-17(11)2/h4-8H,3H2,1-2H3,(H,16,18). The van der Waals surface area contributed by atoms with Gasteiger partial charge in [0.05, 0.1) is 6.61 Å². The van der Waals surface area contributed by atoms with E-state index in [9.17, 15) is 4.79 Å². The van der Waals surface area contributed by atoms with E-state index in [1.54, 1.807) is 29.0 Å². The van der Waals surface area contributed by atoms with Gasteiger partial charge in [-0.05, 0) is 41.1 Å². The number of aryl methyl sites for hydroxylation is 1. The van der Waals surface area contributed by atoms with Crippen molar-refractivity contribution >= 4 is 27.5 Å². The van der Waals surface area contributed by atoms with Crippen molar-refractivity contribution in [3.05, 3.63) is 40.8 Å². The third kappa shape index (κ3) is 3.14. The zero-order valence-corrected chi connectivity index (χ0v) is 12.3. The zero-order valence-electron chi connectivity index (χ0n) is 10.7. The third-order valence-electron chi connectivity index (χ3n) is 2.50. The Balaban J connectivity index is 2.21. The zero-order chi connectivity index (χ0) is 13.8. The van der Waals surface area contributed by atoms with Crippen molar-refractivity contribution in [3.8, 4) is 5.88 Å². The molecule has 0 bridgehead atoms. The molecule has 100 valence electrons. The van der Waals surface area contributed by atoms with Crippen LogP contribution in [-0.2, 0) is 7.05 Å². The molecule has 0 fully saturated rings. The molecule has 0 aliphatic heterocycles. The molecule has 0 aliphatic carbocycles. The summed E-state index contributed by atoms with van der Waals surface area (Å²) >= 11 is 3.34. The van der Waals surface area contributed by atoms with Gasteiger partial charge >= 0.3 is 0 Å². The first-order chi connectivity index (χ1) is 9.11. The predicted octanol–water partition coefficient (Wildman–Crippen LogP) is 2.83. The molecule has 0 aromatic carbocycles. The van der Waals surface area contributed by atoms with Crippen molar-refractivity contribution in [1.29, 1.82) is 0 Å². The summed E-state index contributed by atoms with van der Waals surface area (Å²) in [6, 6.07) is 5.26. The van der Waals surface area contributed by atoms with E-state index in [4.69, 9.17) is 4.74 Å². The smallest absolute Gasteiger partial charge is 0.272 e. The average molecular weight is 324 g/mol. The summed E-state index contributed by atoms with van der Waals surface area (Å²) < 4.78 is 7.97. The molecule has 2 aromatic rings. The van der Waals surface area contributed by atoms with E-state index in [2.05, 4.69) is 26.2 Å².